The van der Waals surface area contributed by atoms with Crippen LogP contribution in [-0.2, 0) is 4.74 Å². The van der Waals surface area contributed by atoms with Crippen molar-refractivity contribution >= 4 is 56.7 Å². The van der Waals surface area contributed by atoms with Crippen LogP contribution < -0.4 is 10.6 Å². The molecule has 0 saturated heterocycles. The van der Waals surface area contributed by atoms with Crippen LogP contribution in [0.3, 0.4) is 0 Å². The first-order chi connectivity index (χ1) is 13.8. The van der Waals surface area contributed by atoms with Crippen LogP contribution in [0.4, 0.5) is 5.00 Å². The standard InChI is InChI=1S/C20H19ClN2O5S/c1-5-27-20(26)14-10(3)16(18(25)22-4)29-19(14)23-17(24)15-9(2)12-8-11(21)6-7-13(12)28-15/h6-8H,5H2,1-4H3,(H,22,25)(H,23,24). The van der Waals surface area contributed by atoms with Gasteiger partial charge in [0.2, 0.25) is 0 Å². The second-order valence-corrected chi connectivity index (χ2v) is 7.67. The third-order valence-electron chi connectivity index (χ3n) is 4.39. The van der Waals surface area contributed by atoms with E-state index in [4.69, 9.17) is 20.8 Å². The normalized spacial score (nSPS) is 10.8. The van der Waals surface area contributed by atoms with Crippen LogP contribution in [0.5, 0.6) is 0 Å². The van der Waals surface area contributed by atoms with Crippen molar-refractivity contribution in [3.63, 3.8) is 0 Å². The fourth-order valence-electron chi connectivity index (χ4n) is 2.95. The van der Waals surface area contributed by atoms with E-state index in [-0.39, 0.29) is 28.8 Å². The molecule has 3 aromatic rings. The Morgan fingerprint density at radius 1 is 1.17 bits per heavy atom. The van der Waals surface area contributed by atoms with Gasteiger partial charge in [-0.15, -0.1) is 11.3 Å². The summed E-state index contributed by atoms with van der Waals surface area (Å²) in [5, 5.41) is 6.70. The molecule has 2 heterocycles. The minimum absolute atomic E-state index is 0.102. The number of hydrogen-bond acceptors (Lipinski definition) is 6. The Morgan fingerprint density at radius 2 is 1.90 bits per heavy atom. The molecule has 0 aliphatic carbocycles. The molecular weight excluding hydrogens is 416 g/mol. The number of fused-ring (bicyclic) bond motifs is 1. The third-order valence-corrected chi connectivity index (χ3v) is 5.83. The lowest BCUT2D eigenvalue weighted by Crippen LogP contribution is -2.18. The highest BCUT2D eigenvalue weighted by Gasteiger charge is 2.28. The molecular formula is C20H19ClN2O5S. The van der Waals surface area contributed by atoms with Gasteiger partial charge in [0, 0.05) is 23.0 Å². The number of halogens is 1. The maximum atomic E-state index is 12.9. The van der Waals surface area contributed by atoms with Crippen molar-refractivity contribution in [2.24, 2.45) is 0 Å². The highest BCUT2D eigenvalue weighted by Crippen LogP contribution is 2.35. The van der Waals surface area contributed by atoms with E-state index in [1.54, 1.807) is 39.0 Å². The number of carbonyl (C=O) groups is 3. The Balaban J connectivity index is 2.03. The van der Waals surface area contributed by atoms with Gasteiger partial charge in [0.15, 0.2) is 5.76 Å². The first-order valence-electron chi connectivity index (χ1n) is 8.81. The zero-order valence-corrected chi connectivity index (χ0v) is 17.8. The second kappa shape index (κ2) is 8.26. The van der Waals surface area contributed by atoms with Crippen molar-refractivity contribution in [2.45, 2.75) is 20.8 Å². The molecule has 0 aliphatic rings. The monoisotopic (exact) mass is 434 g/mol. The number of anilines is 1. The van der Waals surface area contributed by atoms with E-state index in [1.165, 1.54) is 7.05 Å². The predicted octanol–water partition coefficient (Wildman–Crippen LogP) is 4.55. The van der Waals surface area contributed by atoms with E-state index < -0.39 is 11.9 Å². The maximum absolute atomic E-state index is 12.9. The van der Waals surface area contributed by atoms with Crippen LogP contribution >= 0.6 is 22.9 Å². The number of amides is 2. The van der Waals surface area contributed by atoms with Gasteiger partial charge in [-0.3, -0.25) is 9.59 Å². The maximum Gasteiger partial charge on any atom is 0.341 e. The van der Waals surface area contributed by atoms with Crippen molar-refractivity contribution in [2.75, 3.05) is 19.0 Å². The summed E-state index contributed by atoms with van der Waals surface area (Å²) < 4.78 is 10.8. The molecule has 0 atom stereocenters. The van der Waals surface area contributed by atoms with Crippen molar-refractivity contribution in [1.29, 1.82) is 0 Å². The fourth-order valence-corrected chi connectivity index (χ4v) is 4.26. The topological polar surface area (TPSA) is 97.6 Å². The highest BCUT2D eigenvalue weighted by atomic mass is 35.5. The number of hydrogen-bond donors (Lipinski definition) is 2. The molecule has 0 bridgehead atoms. The van der Waals surface area contributed by atoms with Crippen LogP contribution in [0.25, 0.3) is 11.0 Å². The van der Waals surface area contributed by atoms with Crippen LogP contribution in [0.1, 0.15) is 48.6 Å². The number of ether oxygens (including phenoxy) is 1. The van der Waals surface area contributed by atoms with Crippen molar-refractivity contribution in [3.8, 4) is 0 Å². The summed E-state index contributed by atoms with van der Waals surface area (Å²) in [7, 11) is 1.49. The molecule has 29 heavy (non-hydrogen) atoms. The average molecular weight is 435 g/mol. The summed E-state index contributed by atoms with van der Waals surface area (Å²) in [6, 6.07) is 5.08. The molecule has 2 amide bonds. The average Bonchev–Trinajstić information content (AvgIpc) is 3.18. The Hall–Kier alpha value is -2.84. The molecule has 0 saturated carbocycles. The van der Waals surface area contributed by atoms with E-state index in [0.717, 1.165) is 16.7 Å². The summed E-state index contributed by atoms with van der Waals surface area (Å²) in [5.41, 5.74) is 1.74. The molecule has 1 aromatic carbocycles. The molecule has 0 radical (unpaired) electrons. The minimum Gasteiger partial charge on any atom is -0.462 e. The highest BCUT2D eigenvalue weighted by molar-refractivity contribution is 7.18. The molecule has 152 valence electrons. The summed E-state index contributed by atoms with van der Waals surface area (Å²) >= 11 is 7.03. The van der Waals surface area contributed by atoms with Gasteiger partial charge in [0.05, 0.1) is 17.0 Å². The van der Waals surface area contributed by atoms with Crippen LogP contribution in [0.2, 0.25) is 5.02 Å². The van der Waals surface area contributed by atoms with Crippen molar-refractivity contribution in [3.05, 3.63) is 50.5 Å². The van der Waals surface area contributed by atoms with Gasteiger partial charge >= 0.3 is 5.97 Å². The molecule has 2 N–H and O–H groups in total. The molecule has 3 rings (SSSR count). The smallest absolute Gasteiger partial charge is 0.341 e. The summed E-state index contributed by atoms with van der Waals surface area (Å²) in [4.78, 5) is 37.8. The quantitative estimate of drug-likeness (QED) is 0.574. The number of thiophene rings is 1. The fraction of sp³-hybridized carbons (Fsp3) is 0.250. The lowest BCUT2D eigenvalue weighted by atomic mass is 10.1. The number of benzene rings is 1. The summed E-state index contributed by atoms with van der Waals surface area (Å²) in [6.07, 6.45) is 0. The van der Waals surface area contributed by atoms with Gasteiger partial charge in [-0.05, 0) is 44.5 Å². The van der Waals surface area contributed by atoms with Crippen LogP contribution in [-0.4, -0.2) is 31.4 Å². The Bertz CT molecular complexity index is 1130. The molecule has 7 nitrogen and oxygen atoms in total. The largest absolute Gasteiger partial charge is 0.462 e. The summed E-state index contributed by atoms with van der Waals surface area (Å²) in [5.74, 6) is -1.40. The number of aryl methyl sites for hydroxylation is 1. The lowest BCUT2D eigenvalue weighted by molar-refractivity contribution is 0.0527. The van der Waals surface area contributed by atoms with E-state index >= 15 is 0 Å². The van der Waals surface area contributed by atoms with E-state index in [2.05, 4.69) is 10.6 Å². The van der Waals surface area contributed by atoms with Gasteiger partial charge in [0.25, 0.3) is 11.8 Å². The number of rotatable bonds is 5. The molecule has 0 aliphatic heterocycles. The van der Waals surface area contributed by atoms with E-state index in [9.17, 15) is 14.4 Å². The minimum atomic E-state index is -0.611. The Kier molecular flexibility index (Phi) is 5.95. The van der Waals surface area contributed by atoms with Gasteiger partial charge < -0.3 is 19.8 Å². The van der Waals surface area contributed by atoms with E-state index in [1.807, 2.05) is 0 Å². The molecule has 2 aromatic heterocycles. The van der Waals surface area contributed by atoms with Gasteiger partial charge in [-0.2, -0.15) is 0 Å². The zero-order valence-electron chi connectivity index (χ0n) is 16.3. The number of carbonyl (C=O) groups excluding carboxylic acids is 3. The first kappa shape index (κ1) is 20.9. The number of esters is 1. The first-order valence-corrected chi connectivity index (χ1v) is 10.0. The van der Waals surface area contributed by atoms with Crippen LogP contribution in [0.15, 0.2) is 22.6 Å². The zero-order chi connectivity index (χ0) is 21.3. The SMILES string of the molecule is CCOC(=O)c1c(NC(=O)c2oc3ccc(Cl)cc3c2C)sc(C(=O)NC)c1C. The lowest BCUT2D eigenvalue weighted by Gasteiger charge is -2.06. The Labute approximate surface area is 176 Å². The van der Waals surface area contributed by atoms with Gasteiger partial charge in [-0.1, -0.05) is 11.6 Å². The third kappa shape index (κ3) is 3.86. The molecule has 9 heteroatoms. The molecule has 0 fully saturated rings. The number of nitrogens with one attached hydrogen (secondary N) is 2. The van der Waals surface area contributed by atoms with Gasteiger partial charge in [0.1, 0.15) is 10.6 Å². The number of furan rings is 1. The molecule has 0 unspecified atom stereocenters. The van der Waals surface area contributed by atoms with Crippen molar-refractivity contribution in [1.82, 2.24) is 5.32 Å². The predicted molar refractivity (Wildman–Crippen MR) is 112 cm³/mol. The second-order valence-electron chi connectivity index (χ2n) is 6.21. The van der Waals surface area contributed by atoms with Crippen LogP contribution in [0, 0.1) is 13.8 Å². The molecule has 0 spiro atoms. The van der Waals surface area contributed by atoms with Gasteiger partial charge in [-0.25, -0.2) is 4.79 Å². The Morgan fingerprint density at radius 3 is 2.55 bits per heavy atom. The summed E-state index contributed by atoms with van der Waals surface area (Å²) in [6.45, 7) is 5.23. The van der Waals surface area contributed by atoms with Crippen molar-refractivity contribution < 1.29 is 23.5 Å². The van der Waals surface area contributed by atoms with E-state index in [0.29, 0.717) is 26.6 Å².